The highest BCUT2D eigenvalue weighted by molar-refractivity contribution is 7.89. The number of benzene rings is 2. The summed E-state index contributed by atoms with van der Waals surface area (Å²) in [6.07, 6.45) is -3.15. The molecule has 0 unspecified atom stereocenters. The van der Waals surface area contributed by atoms with E-state index < -0.39 is 49.9 Å². The van der Waals surface area contributed by atoms with Crippen molar-refractivity contribution in [2.45, 2.75) is 11.3 Å². The third kappa shape index (κ3) is 3.68. The van der Waals surface area contributed by atoms with Crippen LogP contribution in [0.2, 0.25) is 5.02 Å². The van der Waals surface area contributed by atoms with Crippen LogP contribution in [-0.2, 0) is 10.0 Å². The second-order valence-corrected chi connectivity index (χ2v) is 7.33. The molecule has 5 nitrogen and oxygen atoms in total. The first kappa shape index (κ1) is 19.3. The summed E-state index contributed by atoms with van der Waals surface area (Å²) in [4.78, 5) is -1.37. The average Bonchev–Trinajstić information content (AvgIpc) is 2.98. The number of aromatic nitrogens is 1. The Morgan fingerprint density at radius 1 is 1.07 bits per heavy atom. The number of halogens is 5. The first-order valence-electron chi connectivity index (χ1n) is 7.15. The van der Waals surface area contributed by atoms with Crippen molar-refractivity contribution in [2.24, 2.45) is 5.14 Å². The second kappa shape index (κ2) is 6.95. The number of hydrogen-bond donors (Lipinski definition) is 1. The Hall–Kier alpha value is -2.43. The van der Waals surface area contributed by atoms with Crippen LogP contribution < -0.4 is 5.14 Å². The predicted octanol–water partition coefficient (Wildman–Crippen LogP) is 4.53. The summed E-state index contributed by atoms with van der Waals surface area (Å²) in [5.74, 6) is -4.01. The molecule has 0 radical (unpaired) electrons. The topological polar surface area (TPSA) is 86.2 Å². The van der Waals surface area contributed by atoms with Gasteiger partial charge < -0.3 is 4.52 Å². The van der Waals surface area contributed by atoms with Crippen molar-refractivity contribution >= 4 is 21.6 Å². The van der Waals surface area contributed by atoms with Crippen LogP contribution in [0.4, 0.5) is 17.6 Å². The van der Waals surface area contributed by atoms with Gasteiger partial charge in [0, 0.05) is 10.6 Å². The molecule has 1 aromatic heterocycles. The number of sulfonamides is 1. The van der Waals surface area contributed by atoms with Crippen molar-refractivity contribution in [2.75, 3.05) is 0 Å². The normalized spacial score (nSPS) is 12.0. The molecule has 0 saturated heterocycles. The van der Waals surface area contributed by atoms with Crippen molar-refractivity contribution < 1.29 is 30.5 Å². The smallest absolute Gasteiger partial charge is 0.298 e. The minimum Gasteiger partial charge on any atom is -0.354 e. The van der Waals surface area contributed by atoms with Crippen molar-refractivity contribution in [3.8, 4) is 22.4 Å². The molecule has 2 N–H and O–H groups in total. The lowest BCUT2D eigenvalue weighted by Gasteiger charge is -2.08. The van der Waals surface area contributed by atoms with Crippen LogP contribution in [0.5, 0.6) is 0 Å². The molecule has 0 aliphatic carbocycles. The maximum Gasteiger partial charge on any atom is 0.298 e. The van der Waals surface area contributed by atoms with E-state index in [9.17, 15) is 26.0 Å². The number of nitrogens with two attached hydrogens (primary N) is 1. The average molecular weight is 421 g/mol. The van der Waals surface area contributed by atoms with Crippen molar-refractivity contribution in [1.29, 1.82) is 0 Å². The van der Waals surface area contributed by atoms with E-state index in [4.69, 9.17) is 16.7 Å². The van der Waals surface area contributed by atoms with E-state index in [1.165, 1.54) is 24.3 Å². The molecule has 11 heteroatoms. The molecule has 0 saturated carbocycles. The van der Waals surface area contributed by atoms with Gasteiger partial charge in [0.05, 0.1) is 5.56 Å². The lowest BCUT2D eigenvalue weighted by molar-refractivity contribution is 0.113. The van der Waals surface area contributed by atoms with Crippen LogP contribution in [0.25, 0.3) is 22.4 Å². The van der Waals surface area contributed by atoms with Gasteiger partial charge in [-0.2, -0.15) is 0 Å². The molecular weight excluding hydrogens is 412 g/mol. The molecule has 0 aliphatic heterocycles. The fraction of sp³-hybridized carbons (Fsp3) is 0.0625. The minimum absolute atomic E-state index is 0.144. The standard InChI is InChI=1S/C16H9ClF4N2O3S/c17-9-3-1-2-7(4-9)13-12(14(16(20)21)26-23-13)8-5-10(18)15(11(19)6-8)27(22,24)25/h1-6,16H,(H2,22,24,25). The van der Waals surface area contributed by atoms with Gasteiger partial charge in [-0.15, -0.1) is 0 Å². The summed E-state index contributed by atoms with van der Waals surface area (Å²) in [5.41, 5.74) is -0.686. The number of nitrogens with zero attached hydrogens (tertiary/aromatic N) is 1. The van der Waals surface area contributed by atoms with E-state index in [-0.39, 0.29) is 16.3 Å². The quantitative estimate of drug-likeness (QED) is 0.628. The Labute approximate surface area is 155 Å². The highest BCUT2D eigenvalue weighted by Gasteiger charge is 2.29. The molecule has 27 heavy (non-hydrogen) atoms. The molecule has 0 spiro atoms. The van der Waals surface area contributed by atoms with Gasteiger partial charge in [-0.3, -0.25) is 0 Å². The molecule has 0 bridgehead atoms. The molecule has 142 valence electrons. The Bertz CT molecular complexity index is 1110. The summed E-state index contributed by atoms with van der Waals surface area (Å²) >= 11 is 5.88. The third-order valence-corrected chi connectivity index (χ3v) is 4.78. The van der Waals surface area contributed by atoms with Crippen LogP contribution >= 0.6 is 11.6 Å². The maximum atomic E-state index is 14.2. The number of rotatable bonds is 4. The summed E-state index contributed by atoms with van der Waals surface area (Å²) in [6.45, 7) is 0. The zero-order chi connectivity index (χ0) is 19.9. The van der Waals surface area contributed by atoms with Gasteiger partial charge in [-0.1, -0.05) is 28.9 Å². The molecule has 0 aliphatic rings. The minimum atomic E-state index is -4.70. The second-order valence-electron chi connectivity index (χ2n) is 5.40. The first-order valence-corrected chi connectivity index (χ1v) is 9.08. The van der Waals surface area contributed by atoms with Gasteiger partial charge in [0.25, 0.3) is 6.43 Å². The molecule has 3 rings (SSSR count). The molecule has 3 aromatic rings. The first-order chi connectivity index (χ1) is 12.6. The van der Waals surface area contributed by atoms with Crippen LogP contribution in [0.3, 0.4) is 0 Å². The molecule has 1 heterocycles. The van der Waals surface area contributed by atoms with E-state index >= 15 is 0 Å². The number of primary sulfonamides is 1. The van der Waals surface area contributed by atoms with Crippen molar-refractivity contribution in [1.82, 2.24) is 5.16 Å². The van der Waals surface area contributed by atoms with Crippen LogP contribution in [0, 0.1) is 11.6 Å². The van der Waals surface area contributed by atoms with Gasteiger partial charge in [-0.05, 0) is 29.8 Å². The summed E-state index contributed by atoms with van der Waals surface area (Å²) in [5, 5.41) is 8.59. The van der Waals surface area contributed by atoms with E-state index in [2.05, 4.69) is 9.68 Å². The predicted molar refractivity (Wildman–Crippen MR) is 88.6 cm³/mol. The molecule has 2 aromatic carbocycles. The Kier molecular flexibility index (Phi) is 4.98. The zero-order valence-electron chi connectivity index (χ0n) is 13.1. The zero-order valence-corrected chi connectivity index (χ0v) is 14.7. The van der Waals surface area contributed by atoms with Gasteiger partial charge >= 0.3 is 0 Å². The SMILES string of the molecule is NS(=O)(=O)c1c(F)cc(-c2c(-c3cccc(Cl)c3)noc2C(F)F)cc1F. The molecule has 0 atom stereocenters. The van der Waals surface area contributed by atoms with Gasteiger partial charge in [0.15, 0.2) is 4.90 Å². The fourth-order valence-electron chi connectivity index (χ4n) is 2.54. The van der Waals surface area contributed by atoms with Crippen LogP contribution in [-0.4, -0.2) is 13.6 Å². The van der Waals surface area contributed by atoms with E-state index in [0.717, 1.165) is 0 Å². The van der Waals surface area contributed by atoms with Gasteiger partial charge in [-0.25, -0.2) is 31.1 Å². The van der Waals surface area contributed by atoms with Crippen LogP contribution in [0.1, 0.15) is 12.2 Å². The highest BCUT2D eigenvalue weighted by Crippen LogP contribution is 2.40. The highest BCUT2D eigenvalue weighted by atomic mass is 35.5. The van der Waals surface area contributed by atoms with E-state index in [1.807, 2.05) is 0 Å². The van der Waals surface area contributed by atoms with E-state index in [1.54, 1.807) is 0 Å². The Balaban J connectivity index is 2.30. The fourth-order valence-corrected chi connectivity index (χ4v) is 3.39. The molecule has 0 amide bonds. The summed E-state index contributed by atoms with van der Waals surface area (Å²) < 4.78 is 82.3. The Morgan fingerprint density at radius 3 is 2.22 bits per heavy atom. The largest absolute Gasteiger partial charge is 0.354 e. The van der Waals surface area contributed by atoms with Crippen molar-refractivity contribution in [3.05, 3.63) is 58.8 Å². The van der Waals surface area contributed by atoms with Gasteiger partial charge in [0.1, 0.15) is 17.3 Å². The Morgan fingerprint density at radius 2 is 1.70 bits per heavy atom. The van der Waals surface area contributed by atoms with Crippen LogP contribution in [0.15, 0.2) is 45.8 Å². The lowest BCUT2D eigenvalue weighted by Crippen LogP contribution is -2.16. The third-order valence-electron chi connectivity index (χ3n) is 3.59. The monoisotopic (exact) mass is 420 g/mol. The maximum absolute atomic E-state index is 14.2. The van der Waals surface area contributed by atoms with E-state index in [0.29, 0.717) is 12.1 Å². The number of alkyl halides is 2. The molecule has 0 fully saturated rings. The summed E-state index contributed by atoms with van der Waals surface area (Å²) in [6, 6.07) is 7.05. The van der Waals surface area contributed by atoms with Crippen molar-refractivity contribution in [3.63, 3.8) is 0 Å². The molecular formula is C16H9ClF4N2O3S. The van der Waals surface area contributed by atoms with Gasteiger partial charge in [0.2, 0.25) is 15.8 Å². The summed E-state index contributed by atoms with van der Waals surface area (Å²) in [7, 11) is -4.70. The number of hydrogen-bond acceptors (Lipinski definition) is 4. The lowest BCUT2D eigenvalue weighted by atomic mass is 9.99.